The first-order chi connectivity index (χ1) is 14.4. The van der Waals surface area contributed by atoms with Crippen molar-refractivity contribution in [3.8, 4) is 5.75 Å². The number of benzene rings is 1. The van der Waals surface area contributed by atoms with Crippen LogP contribution in [0.25, 0.3) is 5.76 Å². The Kier molecular flexibility index (Phi) is 6.84. The van der Waals surface area contributed by atoms with Gasteiger partial charge in [0.15, 0.2) is 0 Å². The summed E-state index contributed by atoms with van der Waals surface area (Å²) >= 11 is 0. The Bertz CT molecular complexity index is 923. The van der Waals surface area contributed by atoms with Gasteiger partial charge in [-0.3, -0.25) is 14.6 Å². The number of Topliss-reactive ketones (excluding diaryl/α,β-unsaturated/α-hetero) is 1. The van der Waals surface area contributed by atoms with Crippen LogP contribution < -0.4 is 4.74 Å². The quantitative estimate of drug-likeness (QED) is 0.410. The number of carbonyl (C=O) groups is 2. The summed E-state index contributed by atoms with van der Waals surface area (Å²) in [6.45, 7) is 3.57. The molecule has 1 aliphatic heterocycles. The van der Waals surface area contributed by atoms with E-state index in [0.29, 0.717) is 36.6 Å². The molecule has 0 unspecified atom stereocenters. The van der Waals surface area contributed by atoms with Gasteiger partial charge in [-0.15, -0.1) is 0 Å². The van der Waals surface area contributed by atoms with Gasteiger partial charge in [-0.05, 0) is 56.4 Å². The zero-order valence-electron chi connectivity index (χ0n) is 17.5. The van der Waals surface area contributed by atoms with E-state index in [1.54, 1.807) is 48.8 Å². The van der Waals surface area contributed by atoms with Crippen LogP contribution in [0.5, 0.6) is 5.75 Å². The molecule has 0 saturated carbocycles. The Morgan fingerprint density at radius 3 is 2.53 bits per heavy atom. The number of likely N-dealkylation sites (tertiary alicyclic amines) is 1. The van der Waals surface area contributed by atoms with E-state index in [1.165, 1.54) is 4.90 Å². The molecule has 158 valence electrons. The zero-order valence-corrected chi connectivity index (χ0v) is 17.5. The molecular formula is C23H27N3O4. The predicted molar refractivity (Wildman–Crippen MR) is 114 cm³/mol. The average Bonchev–Trinajstić information content (AvgIpc) is 3.01. The second-order valence-electron chi connectivity index (χ2n) is 7.45. The summed E-state index contributed by atoms with van der Waals surface area (Å²) < 4.78 is 5.58. The van der Waals surface area contributed by atoms with Gasteiger partial charge in [0.05, 0.1) is 18.2 Å². The highest BCUT2D eigenvalue weighted by Gasteiger charge is 2.45. The molecule has 7 nitrogen and oxygen atoms in total. The summed E-state index contributed by atoms with van der Waals surface area (Å²) in [6.07, 6.45) is 4.14. The fourth-order valence-corrected chi connectivity index (χ4v) is 3.39. The third-order valence-electron chi connectivity index (χ3n) is 4.93. The Morgan fingerprint density at radius 1 is 1.20 bits per heavy atom. The van der Waals surface area contributed by atoms with Crippen LogP contribution in [0.1, 0.15) is 30.5 Å². The highest BCUT2D eigenvalue weighted by molar-refractivity contribution is 6.46. The van der Waals surface area contributed by atoms with Crippen molar-refractivity contribution in [3.63, 3.8) is 0 Å². The standard InChI is InChI=1S/C23H27N3O4/c1-4-14-30-18-9-7-16(8-10-18)21(27)19-20(17-6-5-11-24-15-17)26(13-12-25(2)3)23(29)22(19)28/h5-11,15,20,27H,4,12-14H2,1-3H3/b21-19+/t20-/m1/s1. The lowest BCUT2D eigenvalue weighted by molar-refractivity contribution is -0.140. The third kappa shape index (κ3) is 4.52. The molecule has 0 spiro atoms. The monoisotopic (exact) mass is 409 g/mol. The van der Waals surface area contributed by atoms with E-state index in [9.17, 15) is 14.7 Å². The van der Waals surface area contributed by atoms with E-state index >= 15 is 0 Å². The Hall–Kier alpha value is -3.19. The van der Waals surface area contributed by atoms with E-state index in [2.05, 4.69) is 4.98 Å². The van der Waals surface area contributed by atoms with Crippen molar-refractivity contribution >= 4 is 17.4 Å². The second-order valence-corrected chi connectivity index (χ2v) is 7.45. The molecule has 1 atom stereocenters. The van der Waals surface area contributed by atoms with Crippen molar-refractivity contribution in [3.05, 3.63) is 65.5 Å². The first-order valence-corrected chi connectivity index (χ1v) is 10.00. The molecule has 1 N–H and O–H groups in total. The van der Waals surface area contributed by atoms with Gasteiger partial charge in [0.25, 0.3) is 11.7 Å². The molecule has 2 aromatic rings. The summed E-state index contributed by atoms with van der Waals surface area (Å²) in [6, 6.07) is 9.73. The van der Waals surface area contributed by atoms with Crippen molar-refractivity contribution < 1.29 is 19.4 Å². The van der Waals surface area contributed by atoms with Crippen LogP contribution in [0.15, 0.2) is 54.4 Å². The van der Waals surface area contributed by atoms with Gasteiger partial charge in [0, 0.05) is 31.0 Å². The highest BCUT2D eigenvalue weighted by Crippen LogP contribution is 2.39. The molecule has 1 saturated heterocycles. The summed E-state index contributed by atoms with van der Waals surface area (Å²) in [5.41, 5.74) is 1.22. The number of nitrogens with zero attached hydrogens (tertiary/aromatic N) is 3. The summed E-state index contributed by atoms with van der Waals surface area (Å²) in [5.74, 6) is -0.818. The minimum Gasteiger partial charge on any atom is -0.507 e. The van der Waals surface area contributed by atoms with E-state index in [4.69, 9.17) is 4.74 Å². The average molecular weight is 409 g/mol. The van der Waals surface area contributed by atoms with Gasteiger partial charge in [-0.2, -0.15) is 0 Å². The number of pyridine rings is 1. The molecule has 0 aliphatic carbocycles. The lowest BCUT2D eigenvalue weighted by atomic mass is 9.96. The van der Waals surface area contributed by atoms with Crippen LogP contribution in [0.2, 0.25) is 0 Å². The van der Waals surface area contributed by atoms with Crippen LogP contribution >= 0.6 is 0 Å². The minimum absolute atomic E-state index is 0.0778. The number of aliphatic hydroxyl groups excluding tert-OH is 1. The van der Waals surface area contributed by atoms with Crippen molar-refractivity contribution in [2.75, 3.05) is 33.8 Å². The fraction of sp³-hybridized carbons (Fsp3) is 0.348. The molecule has 1 aromatic heterocycles. The minimum atomic E-state index is -0.689. The van der Waals surface area contributed by atoms with E-state index in [-0.39, 0.29) is 11.3 Å². The number of aromatic nitrogens is 1. The van der Waals surface area contributed by atoms with Crippen molar-refractivity contribution in [1.82, 2.24) is 14.8 Å². The molecule has 1 aliphatic rings. The highest BCUT2D eigenvalue weighted by atomic mass is 16.5. The Balaban J connectivity index is 2.03. The molecule has 30 heavy (non-hydrogen) atoms. The molecule has 1 amide bonds. The van der Waals surface area contributed by atoms with Crippen LogP contribution in [0, 0.1) is 0 Å². The molecule has 3 rings (SSSR count). The van der Waals surface area contributed by atoms with Crippen molar-refractivity contribution in [2.24, 2.45) is 0 Å². The molecule has 2 heterocycles. The van der Waals surface area contributed by atoms with Gasteiger partial charge < -0.3 is 19.6 Å². The van der Waals surface area contributed by atoms with Gasteiger partial charge in [-0.1, -0.05) is 13.0 Å². The van der Waals surface area contributed by atoms with Gasteiger partial charge in [0.2, 0.25) is 0 Å². The number of ketones is 1. The topological polar surface area (TPSA) is 83.0 Å². The van der Waals surface area contributed by atoms with Gasteiger partial charge in [0.1, 0.15) is 11.5 Å². The van der Waals surface area contributed by atoms with Gasteiger partial charge in [-0.25, -0.2) is 0 Å². The summed E-state index contributed by atoms with van der Waals surface area (Å²) in [4.78, 5) is 33.3. The van der Waals surface area contributed by atoms with Crippen LogP contribution in [0.3, 0.4) is 0 Å². The molecule has 0 radical (unpaired) electrons. The fourth-order valence-electron chi connectivity index (χ4n) is 3.39. The van der Waals surface area contributed by atoms with Crippen LogP contribution in [0.4, 0.5) is 0 Å². The largest absolute Gasteiger partial charge is 0.507 e. The number of hydrogen-bond acceptors (Lipinski definition) is 6. The maximum absolute atomic E-state index is 12.9. The number of rotatable bonds is 8. The lowest BCUT2D eigenvalue weighted by Crippen LogP contribution is -2.35. The predicted octanol–water partition coefficient (Wildman–Crippen LogP) is 2.85. The van der Waals surface area contributed by atoms with E-state index in [1.807, 2.05) is 25.9 Å². The van der Waals surface area contributed by atoms with Crippen LogP contribution in [-0.2, 0) is 9.59 Å². The second kappa shape index (κ2) is 9.54. The third-order valence-corrected chi connectivity index (χ3v) is 4.93. The van der Waals surface area contributed by atoms with Crippen molar-refractivity contribution in [1.29, 1.82) is 0 Å². The smallest absolute Gasteiger partial charge is 0.295 e. The number of amides is 1. The van der Waals surface area contributed by atoms with Gasteiger partial charge >= 0.3 is 0 Å². The maximum Gasteiger partial charge on any atom is 0.295 e. The zero-order chi connectivity index (χ0) is 21.7. The number of likely N-dealkylation sites (N-methyl/N-ethyl adjacent to an activating group) is 1. The Labute approximate surface area is 176 Å². The number of carbonyl (C=O) groups excluding carboxylic acids is 2. The summed E-state index contributed by atoms with van der Waals surface area (Å²) in [7, 11) is 3.80. The Morgan fingerprint density at radius 2 is 1.93 bits per heavy atom. The van der Waals surface area contributed by atoms with E-state index in [0.717, 1.165) is 6.42 Å². The SMILES string of the molecule is CCCOc1ccc(/C(O)=C2\C(=O)C(=O)N(CCN(C)C)[C@@H]2c2cccnc2)cc1. The molecule has 1 fully saturated rings. The molecule has 7 heteroatoms. The van der Waals surface area contributed by atoms with E-state index < -0.39 is 17.7 Å². The lowest BCUT2D eigenvalue weighted by Gasteiger charge is -2.26. The normalized spacial score (nSPS) is 18.3. The molecule has 0 bridgehead atoms. The maximum atomic E-state index is 12.9. The summed E-state index contributed by atoms with van der Waals surface area (Å²) in [5, 5.41) is 11.0. The molecular weight excluding hydrogens is 382 g/mol. The van der Waals surface area contributed by atoms with Crippen molar-refractivity contribution in [2.45, 2.75) is 19.4 Å². The first-order valence-electron chi connectivity index (χ1n) is 10.00. The number of ether oxygens (including phenoxy) is 1. The van der Waals surface area contributed by atoms with Crippen LogP contribution in [-0.4, -0.2) is 65.4 Å². The first kappa shape index (κ1) is 21.5. The number of hydrogen-bond donors (Lipinski definition) is 1. The number of aliphatic hydroxyl groups is 1. The molecule has 1 aromatic carbocycles.